The molecular weight excluding hydrogens is 225 g/mol. The first-order valence-electron chi connectivity index (χ1n) is 0.816. The maximum atomic E-state index is 4.08. The molecule has 0 nitrogen and oxygen atoms in total. The fourth-order valence-corrected chi connectivity index (χ4v) is 0. The average molecular weight is 247 g/mol. The second-order valence-electron chi connectivity index (χ2n) is 0. The third-order valence-corrected chi connectivity index (χ3v) is 0. The van der Waals surface area contributed by atoms with Gasteiger partial charge in [-0.1, -0.05) is 29.7 Å². The molecule has 0 aliphatic carbocycles. The van der Waals surface area contributed by atoms with Crippen LogP contribution in [0.1, 0.15) is 29.7 Å². The smallest absolute Gasteiger partial charge is 0 e. The van der Waals surface area contributed by atoms with Crippen LogP contribution in [0.5, 0.6) is 0 Å². The second-order valence-corrected chi connectivity index (χ2v) is 0. The largest absolute Gasteiger partial charge is 0.796 e. The molecule has 1 radical (unpaired) electrons. The average Bonchev–Trinajstić information content (AvgIpc) is 1.50. The molecule has 0 N–H and O–H groups in total. The Morgan fingerprint density at radius 3 is 0.556 bits per heavy atom. The Labute approximate surface area is 99.3 Å². The first-order valence-corrected chi connectivity index (χ1v) is 2.45. The zero-order valence-corrected chi connectivity index (χ0v) is 7.87. The van der Waals surface area contributed by atoms with Gasteiger partial charge in [-0.2, -0.15) is 12.5 Å². The van der Waals surface area contributed by atoms with E-state index >= 15 is 0 Å². The minimum Gasteiger partial charge on any atom is -0.796 e. The van der Waals surface area contributed by atoms with Crippen molar-refractivity contribution in [3.05, 3.63) is 0 Å². The summed E-state index contributed by atoms with van der Waals surface area (Å²) in [5, 5.41) is 0. The van der Waals surface area contributed by atoms with Crippen LogP contribution in [0.15, 0.2) is 0 Å². The molecule has 0 unspecified atom stereocenters. The van der Waals surface area contributed by atoms with E-state index < -0.39 is 0 Å². The molecule has 0 heterocycles. The Morgan fingerprint density at radius 1 is 0.556 bits per heavy atom. The topological polar surface area (TPSA) is 0 Å². The molecule has 0 amide bonds. The summed E-state index contributed by atoms with van der Waals surface area (Å²) in [6.07, 6.45) is 3.17. The monoisotopic (exact) mass is 247 g/mol. The minimum atomic E-state index is 0. The first kappa shape index (κ1) is 71.8. The van der Waals surface area contributed by atoms with Gasteiger partial charge in [-0.3, -0.25) is 0 Å². The van der Waals surface area contributed by atoms with Gasteiger partial charge in [0.15, 0.2) is 0 Å². The molecule has 0 atom stereocenters. The van der Waals surface area contributed by atoms with Crippen molar-refractivity contribution in [3.8, 4) is 0 Å². The molecule has 0 fully saturated rings. The molecule has 0 bridgehead atoms. The van der Waals surface area contributed by atoms with E-state index in [4.69, 9.17) is 0 Å². The van der Waals surface area contributed by atoms with Crippen LogP contribution in [0.4, 0.5) is 0 Å². The normalized spacial score (nSPS) is 1.33. The number of hydrogen-bond donors (Lipinski definition) is 0. The van der Waals surface area contributed by atoms with Crippen molar-refractivity contribution in [2.24, 2.45) is 0 Å². The van der Waals surface area contributed by atoms with Crippen molar-refractivity contribution in [2.45, 2.75) is 29.7 Å². The van der Waals surface area contributed by atoms with Crippen molar-refractivity contribution >= 4 is 25.3 Å². The van der Waals surface area contributed by atoms with E-state index in [9.17, 15) is 0 Å². The van der Waals surface area contributed by atoms with Crippen LogP contribution >= 0.6 is 0 Å². The van der Waals surface area contributed by atoms with Crippen LogP contribution in [0, 0.1) is 0 Å². The van der Waals surface area contributed by atoms with E-state index in [0.717, 1.165) is 0 Å². The van der Waals surface area contributed by atoms with E-state index in [1.807, 2.05) is 0 Å². The first-order chi connectivity index (χ1) is 2.00. The zero-order valence-electron chi connectivity index (χ0n) is 3.39. The van der Waals surface area contributed by atoms with Gasteiger partial charge in [0.1, 0.15) is 0 Å². The van der Waals surface area contributed by atoms with Crippen LogP contribution in [-0.4, -0.2) is 12.5 Å². The predicted octanol–water partition coefficient (Wildman–Crippen LogP) is 2.87. The molecule has 0 aromatic carbocycles. The summed E-state index contributed by atoms with van der Waals surface area (Å²) in [6, 6.07) is 0. The van der Waals surface area contributed by atoms with E-state index in [1.54, 1.807) is 12.5 Å². The third kappa shape index (κ3) is 183. The van der Waals surface area contributed by atoms with Crippen molar-refractivity contribution in [2.75, 3.05) is 12.5 Å². The Hall–Kier alpha value is 1.80. The molecular formula is C6H22S2Y-2. The number of rotatable bonds is 0. The Kier molecular flexibility index (Phi) is 1860. The summed E-state index contributed by atoms with van der Waals surface area (Å²) < 4.78 is 0. The molecule has 0 rings (SSSR count). The van der Waals surface area contributed by atoms with Crippen molar-refractivity contribution in [1.82, 2.24) is 0 Å². The fourth-order valence-electron chi connectivity index (χ4n) is 0. The quantitative estimate of drug-likeness (QED) is 0.604. The van der Waals surface area contributed by atoms with E-state index in [2.05, 4.69) is 25.3 Å². The second kappa shape index (κ2) is 234. The van der Waals surface area contributed by atoms with Gasteiger partial charge in [0, 0.05) is 32.7 Å². The summed E-state index contributed by atoms with van der Waals surface area (Å²) in [7, 11) is 0. The Balaban J connectivity index is -0.00000000114. The molecule has 3 heteroatoms. The SMILES string of the molecule is C.C.C.C.C[S-].C[S-].[Y]. The molecule has 0 spiro atoms. The van der Waals surface area contributed by atoms with Crippen LogP contribution in [0.3, 0.4) is 0 Å². The van der Waals surface area contributed by atoms with Gasteiger partial charge in [0.05, 0.1) is 0 Å². The van der Waals surface area contributed by atoms with E-state index in [0.29, 0.717) is 0 Å². The van der Waals surface area contributed by atoms with Crippen LogP contribution in [0.2, 0.25) is 0 Å². The fraction of sp³-hybridized carbons (Fsp3) is 1.00. The van der Waals surface area contributed by atoms with E-state index in [-0.39, 0.29) is 62.4 Å². The summed E-state index contributed by atoms with van der Waals surface area (Å²) in [5.41, 5.74) is 0. The van der Waals surface area contributed by atoms with Crippen molar-refractivity contribution in [3.63, 3.8) is 0 Å². The minimum absolute atomic E-state index is 0. The van der Waals surface area contributed by atoms with Gasteiger partial charge in [0.25, 0.3) is 0 Å². The van der Waals surface area contributed by atoms with Crippen LogP contribution in [-0.2, 0) is 58.0 Å². The summed E-state index contributed by atoms with van der Waals surface area (Å²) in [4.78, 5) is 0. The molecule has 0 saturated heterocycles. The van der Waals surface area contributed by atoms with Gasteiger partial charge in [0.2, 0.25) is 0 Å². The maximum Gasteiger partial charge on any atom is 0 e. The van der Waals surface area contributed by atoms with Gasteiger partial charge in [-0.25, -0.2) is 0 Å². The zero-order chi connectivity index (χ0) is 4.00. The Morgan fingerprint density at radius 2 is 0.556 bits per heavy atom. The van der Waals surface area contributed by atoms with Gasteiger partial charge in [-0.15, -0.1) is 0 Å². The molecule has 0 aromatic heterocycles. The summed E-state index contributed by atoms with van der Waals surface area (Å²) in [6.45, 7) is 0. The van der Waals surface area contributed by atoms with Crippen LogP contribution in [0.25, 0.3) is 0 Å². The molecule has 0 saturated carbocycles. The third-order valence-electron chi connectivity index (χ3n) is 0. The summed E-state index contributed by atoms with van der Waals surface area (Å²) >= 11 is 8.17. The van der Waals surface area contributed by atoms with Crippen molar-refractivity contribution in [1.29, 1.82) is 0 Å². The van der Waals surface area contributed by atoms with Crippen molar-refractivity contribution < 1.29 is 32.7 Å². The molecule has 0 aliphatic rings. The van der Waals surface area contributed by atoms with E-state index in [1.165, 1.54) is 0 Å². The summed E-state index contributed by atoms with van der Waals surface area (Å²) in [5.74, 6) is 0. The van der Waals surface area contributed by atoms with Crippen LogP contribution < -0.4 is 0 Å². The Bertz CT molecular complexity index is 11.0. The van der Waals surface area contributed by atoms with Gasteiger partial charge < -0.3 is 25.3 Å². The van der Waals surface area contributed by atoms with Gasteiger partial charge in [-0.05, 0) is 0 Å². The molecule has 63 valence electrons. The molecule has 0 aromatic rings. The van der Waals surface area contributed by atoms with Gasteiger partial charge >= 0.3 is 0 Å². The molecule has 0 aliphatic heterocycles. The molecule has 9 heavy (non-hydrogen) atoms. The number of hydrogen-bond acceptors (Lipinski definition) is 2. The predicted molar refractivity (Wildman–Crippen MR) is 53.5 cm³/mol. The maximum absolute atomic E-state index is 4.08. The standard InChI is InChI=1S/2CH4S.4CH4.Y/c2*1-2;;;;;/h2*2H,1H3;4*1H4;/p-2.